The van der Waals surface area contributed by atoms with Gasteiger partial charge in [0, 0.05) is 18.5 Å². The first-order valence-corrected chi connectivity index (χ1v) is 10.6. The lowest BCUT2D eigenvalue weighted by molar-refractivity contribution is -0.137. The molecule has 1 saturated heterocycles. The molecule has 3 aromatic rings. The number of anilines is 2. The molecule has 1 amide bonds. The number of nitrogens with one attached hydrogen (secondary N) is 1. The van der Waals surface area contributed by atoms with Gasteiger partial charge in [0.1, 0.15) is 11.4 Å². The Bertz CT molecular complexity index is 1190. The van der Waals surface area contributed by atoms with Crippen LogP contribution in [0.5, 0.6) is 0 Å². The van der Waals surface area contributed by atoms with Crippen LogP contribution in [0.15, 0.2) is 54.6 Å². The third-order valence-corrected chi connectivity index (χ3v) is 5.47. The van der Waals surface area contributed by atoms with Crippen LogP contribution >= 0.6 is 0 Å². The number of para-hydroxylation sites is 2. The number of halogens is 3. The van der Waals surface area contributed by atoms with Crippen LogP contribution in [-0.4, -0.2) is 36.1 Å². The van der Waals surface area contributed by atoms with Gasteiger partial charge in [0.2, 0.25) is 0 Å². The fraction of sp³-hybridized carbons (Fsp3) is 0.292. The Morgan fingerprint density at radius 1 is 1.06 bits per heavy atom. The summed E-state index contributed by atoms with van der Waals surface area (Å²) < 4.78 is 45.0. The largest absolute Gasteiger partial charge is 0.449 e. The van der Waals surface area contributed by atoms with Crippen molar-refractivity contribution in [3.63, 3.8) is 0 Å². The second-order valence-corrected chi connectivity index (χ2v) is 7.83. The van der Waals surface area contributed by atoms with Crippen LogP contribution in [0.25, 0.3) is 10.9 Å². The number of esters is 1. The summed E-state index contributed by atoms with van der Waals surface area (Å²) in [5.74, 6) is -1.15. The van der Waals surface area contributed by atoms with Gasteiger partial charge < -0.3 is 15.0 Å². The van der Waals surface area contributed by atoms with E-state index in [9.17, 15) is 22.8 Å². The molecule has 1 unspecified atom stereocenters. The van der Waals surface area contributed by atoms with Crippen molar-refractivity contribution in [2.75, 3.05) is 23.3 Å². The average molecular weight is 457 g/mol. The normalized spacial score (nSPS) is 14.8. The molecule has 0 bridgehead atoms. The Kier molecular flexibility index (Phi) is 6.22. The van der Waals surface area contributed by atoms with E-state index in [0.29, 0.717) is 5.82 Å². The number of alkyl halides is 3. The number of amides is 1. The van der Waals surface area contributed by atoms with Gasteiger partial charge in [0.05, 0.1) is 16.8 Å². The molecular weight excluding hydrogens is 435 g/mol. The molecule has 1 atom stereocenters. The van der Waals surface area contributed by atoms with Gasteiger partial charge in [-0.25, -0.2) is 9.78 Å². The number of nitrogens with zero attached hydrogens (tertiary/aromatic N) is 2. The highest BCUT2D eigenvalue weighted by Gasteiger charge is 2.34. The van der Waals surface area contributed by atoms with Crippen LogP contribution in [0.2, 0.25) is 0 Å². The summed E-state index contributed by atoms with van der Waals surface area (Å²) in [6.45, 7) is 2.80. The van der Waals surface area contributed by atoms with E-state index in [1.807, 2.05) is 29.2 Å². The van der Waals surface area contributed by atoms with Crippen LogP contribution < -0.4 is 10.2 Å². The van der Waals surface area contributed by atoms with Gasteiger partial charge in [-0.2, -0.15) is 13.2 Å². The summed E-state index contributed by atoms with van der Waals surface area (Å²) >= 11 is 0. The summed E-state index contributed by atoms with van der Waals surface area (Å²) in [5.41, 5.74) is -0.439. The SMILES string of the molecule is CC(OC(=O)c1cc2ccccc2nc1N1CCCC1)C(=O)Nc1ccccc1C(F)(F)F. The molecule has 33 heavy (non-hydrogen) atoms. The van der Waals surface area contributed by atoms with E-state index in [0.717, 1.165) is 49.0 Å². The van der Waals surface area contributed by atoms with Crippen LogP contribution in [-0.2, 0) is 15.7 Å². The molecular formula is C24H22F3N3O3. The van der Waals surface area contributed by atoms with E-state index in [1.165, 1.54) is 19.1 Å². The van der Waals surface area contributed by atoms with E-state index in [4.69, 9.17) is 4.74 Å². The van der Waals surface area contributed by atoms with Gasteiger partial charge in [-0.15, -0.1) is 0 Å². The summed E-state index contributed by atoms with van der Waals surface area (Å²) in [7, 11) is 0. The number of hydrogen-bond donors (Lipinski definition) is 1. The van der Waals surface area contributed by atoms with Crippen molar-refractivity contribution in [1.29, 1.82) is 0 Å². The molecule has 1 fully saturated rings. The number of carbonyl (C=O) groups excluding carboxylic acids is 2. The number of benzene rings is 2. The van der Waals surface area contributed by atoms with Gasteiger partial charge in [-0.1, -0.05) is 30.3 Å². The number of rotatable bonds is 5. The molecule has 0 spiro atoms. The maximum atomic E-state index is 13.2. The van der Waals surface area contributed by atoms with Gasteiger partial charge in [-0.05, 0) is 44.0 Å². The highest BCUT2D eigenvalue weighted by atomic mass is 19.4. The zero-order valence-electron chi connectivity index (χ0n) is 17.9. The number of aromatic nitrogens is 1. The van der Waals surface area contributed by atoms with E-state index < -0.39 is 35.4 Å². The Morgan fingerprint density at radius 3 is 2.45 bits per heavy atom. The van der Waals surface area contributed by atoms with Crippen molar-refractivity contribution in [2.24, 2.45) is 0 Å². The topological polar surface area (TPSA) is 71.5 Å². The number of carbonyl (C=O) groups is 2. The molecule has 1 aromatic heterocycles. The van der Waals surface area contributed by atoms with E-state index >= 15 is 0 Å². The summed E-state index contributed by atoms with van der Waals surface area (Å²) in [4.78, 5) is 32.2. The number of pyridine rings is 1. The number of hydrogen-bond acceptors (Lipinski definition) is 5. The van der Waals surface area contributed by atoms with Gasteiger partial charge in [-0.3, -0.25) is 4.79 Å². The first-order valence-electron chi connectivity index (χ1n) is 10.6. The van der Waals surface area contributed by atoms with Gasteiger partial charge >= 0.3 is 12.1 Å². The zero-order valence-corrected chi connectivity index (χ0v) is 17.9. The Labute approximate surface area is 188 Å². The second kappa shape index (κ2) is 9.09. The Morgan fingerprint density at radius 2 is 1.73 bits per heavy atom. The maximum absolute atomic E-state index is 13.2. The highest BCUT2D eigenvalue weighted by molar-refractivity contribution is 6.02. The third kappa shape index (κ3) is 4.92. The summed E-state index contributed by atoms with van der Waals surface area (Å²) in [5, 5.41) is 2.95. The van der Waals surface area contributed by atoms with Crippen molar-refractivity contribution in [1.82, 2.24) is 4.98 Å². The van der Waals surface area contributed by atoms with Gasteiger partial charge in [0.15, 0.2) is 6.10 Å². The first kappa shape index (κ1) is 22.6. The van der Waals surface area contributed by atoms with E-state index in [1.54, 1.807) is 6.07 Å². The fourth-order valence-corrected chi connectivity index (χ4v) is 3.78. The monoisotopic (exact) mass is 457 g/mol. The van der Waals surface area contributed by atoms with Crippen LogP contribution in [0.4, 0.5) is 24.7 Å². The molecule has 4 rings (SSSR count). The first-order chi connectivity index (χ1) is 15.7. The number of fused-ring (bicyclic) bond motifs is 1. The molecule has 0 saturated carbocycles. The zero-order chi connectivity index (χ0) is 23.6. The maximum Gasteiger partial charge on any atom is 0.418 e. The summed E-state index contributed by atoms with van der Waals surface area (Å²) in [6, 6.07) is 13.6. The lowest BCUT2D eigenvalue weighted by Gasteiger charge is -2.21. The average Bonchev–Trinajstić information content (AvgIpc) is 3.32. The van der Waals surface area contributed by atoms with Crippen molar-refractivity contribution >= 4 is 34.3 Å². The Hall–Kier alpha value is -3.62. The molecule has 1 aliphatic rings. The summed E-state index contributed by atoms with van der Waals surface area (Å²) in [6.07, 6.45) is -4.01. The molecule has 172 valence electrons. The predicted molar refractivity (Wildman–Crippen MR) is 118 cm³/mol. The molecule has 0 aliphatic carbocycles. The smallest absolute Gasteiger partial charge is 0.418 e. The van der Waals surface area contributed by atoms with Crippen LogP contribution in [0, 0.1) is 0 Å². The van der Waals surface area contributed by atoms with Crippen molar-refractivity contribution in [3.8, 4) is 0 Å². The fourth-order valence-electron chi connectivity index (χ4n) is 3.78. The highest BCUT2D eigenvalue weighted by Crippen LogP contribution is 2.34. The lowest BCUT2D eigenvalue weighted by Crippen LogP contribution is -2.31. The number of ether oxygens (including phenoxy) is 1. The van der Waals surface area contributed by atoms with Crippen molar-refractivity contribution in [3.05, 3.63) is 65.7 Å². The lowest BCUT2D eigenvalue weighted by atomic mass is 10.1. The molecule has 2 heterocycles. The minimum atomic E-state index is -4.63. The Balaban J connectivity index is 1.56. The quantitative estimate of drug-likeness (QED) is 0.544. The molecule has 0 radical (unpaired) electrons. The standard InChI is InChI=1S/C24H22F3N3O3/c1-15(22(31)29-20-11-5-3-9-18(20)24(25,26)27)33-23(32)17-14-16-8-2-4-10-19(16)28-21(17)30-12-6-7-13-30/h2-5,8-11,14-15H,6-7,12-13H2,1H3,(H,29,31). The van der Waals surface area contributed by atoms with Crippen LogP contribution in [0.1, 0.15) is 35.7 Å². The van der Waals surface area contributed by atoms with Crippen molar-refractivity contribution < 1.29 is 27.5 Å². The predicted octanol–water partition coefficient (Wildman–Crippen LogP) is 5.04. The minimum absolute atomic E-state index is 0.214. The minimum Gasteiger partial charge on any atom is -0.449 e. The van der Waals surface area contributed by atoms with E-state index in [2.05, 4.69) is 10.3 Å². The molecule has 9 heteroatoms. The third-order valence-electron chi connectivity index (χ3n) is 5.47. The molecule has 6 nitrogen and oxygen atoms in total. The van der Waals surface area contributed by atoms with Crippen LogP contribution in [0.3, 0.4) is 0 Å². The molecule has 1 aliphatic heterocycles. The van der Waals surface area contributed by atoms with Gasteiger partial charge in [0.25, 0.3) is 5.91 Å². The second-order valence-electron chi connectivity index (χ2n) is 7.83. The van der Waals surface area contributed by atoms with E-state index in [-0.39, 0.29) is 5.56 Å². The van der Waals surface area contributed by atoms with Crippen molar-refractivity contribution in [2.45, 2.75) is 32.0 Å². The molecule has 2 aromatic carbocycles. The molecule has 1 N–H and O–H groups in total.